The van der Waals surface area contributed by atoms with Gasteiger partial charge in [0.05, 0.1) is 11.7 Å². The van der Waals surface area contributed by atoms with Crippen molar-refractivity contribution < 1.29 is 0 Å². The molecule has 1 aromatic carbocycles. The first kappa shape index (κ1) is 13.1. The van der Waals surface area contributed by atoms with E-state index in [0.717, 1.165) is 17.1 Å². The molecular weight excluding hydrogens is 269 g/mol. The summed E-state index contributed by atoms with van der Waals surface area (Å²) >= 11 is 12.0. The summed E-state index contributed by atoms with van der Waals surface area (Å²) in [5.74, 6) is 0.760. The average Bonchev–Trinajstić information content (AvgIpc) is 2.32. The summed E-state index contributed by atoms with van der Waals surface area (Å²) < 4.78 is 0. The van der Waals surface area contributed by atoms with E-state index < -0.39 is 0 Å². The third-order valence-corrected chi connectivity index (χ3v) is 3.23. The Labute approximate surface area is 116 Å². The van der Waals surface area contributed by atoms with Gasteiger partial charge in [-0.2, -0.15) is 0 Å². The smallest absolute Gasteiger partial charge is 0.147 e. The summed E-state index contributed by atoms with van der Waals surface area (Å²) in [7, 11) is 0. The highest BCUT2D eigenvalue weighted by Crippen LogP contribution is 2.28. The van der Waals surface area contributed by atoms with E-state index in [-0.39, 0.29) is 6.04 Å². The maximum absolute atomic E-state index is 6.17. The van der Waals surface area contributed by atoms with Gasteiger partial charge in [-0.1, -0.05) is 29.3 Å². The molecule has 94 valence electrons. The molecule has 1 heterocycles. The van der Waals surface area contributed by atoms with Crippen molar-refractivity contribution >= 4 is 29.0 Å². The fourth-order valence-corrected chi connectivity index (χ4v) is 2.26. The molecule has 0 radical (unpaired) electrons. The number of hydrogen-bond acceptors (Lipinski definition) is 3. The van der Waals surface area contributed by atoms with Gasteiger partial charge in [0.25, 0.3) is 0 Å². The maximum atomic E-state index is 6.17. The van der Waals surface area contributed by atoms with E-state index in [0.29, 0.717) is 10.0 Å². The quantitative estimate of drug-likeness (QED) is 0.913. The van der Waals surface area contributed by atoms with Crippen LogP contribution >= 0.6 is 23.2 Å². The van der Waals surface area contributed by atoms with Crippen molar-refractivity contribution in [1.29, 1.82) is 0 Å². The van der Waals surface area contributed by atoms with Crippen molar-refractivity contribution in [3.8, 4) is 0 Å². The summed E-state index contributed by atoms with van der Waals surface area (Å²) in [5.41, 5.74) is 1.83. The molecular formula is C13H13Cl2N3. The summed E-state index contributed by atoms with van der Waals surface area (Å²) in [6.07, 6.45) is 3.33. The number of aromatic nitrogens is 2. The topological polar surface area (TPSA) is 37.8 Å². The lowest BCUT2D eigenvalue weighted by Gasteiger charge is -2.17. The lowest BCUT2D eigenvalue weighted by molar-refractivity contribution is 0.866. The molecule has 5 heteroatoms. The van der Waals surface area contributed by atoms with E-state index in [1.807, 2.05) is 26.0 Å². The number of nitrogens with zero attached hydrogens (tertiary/aromatic N) is 2. The van der Waals surface area contributed by atoms with Gasteiger partial charge < -0.3 is 5.32 Å². The van der Waals surface area contributed by atoms with Gasteiger partial charge >= 0.3 is 0 Å². The molecule has 1 unspecified atom stereocenters. The zero-order valence-electron chi connectivity index (χ0n) is 10.1. The minimum Gasteiger partial charge on any atom is -0.362 e. The van der Waals surface area contributed by atoms with Crippen LogP contribution in [0.2, 0.25) is 10.0 Å². The minimum absolute atomic E-state index is 0.0326. The second-order valence-electron chi connectivity index (χ2n) is 4.02. The molecule has 0 saturated heterocycles. The Balaban J connectivity index is 2.22. The lowest BCUT2D eigenvalue weighted by atomic mass is 10.1. The van der Waals surface area contributed by atoms with Crippen molar-refractivity contribution in [2.24, 2.45) is 0 Å². The Morgan fingerprint density at radius 1 is 1.17 bits per heavy atom. The number of hydrogen-bond donors (Lipinski definition) is 1. The summed E-state index contributed by atoms with van der Waals surface area (Å²) in [6.45, 7) is 3.93. The van der Waals surface area contributed by atoms with Gasteiger partial charge in [0, 0.05) is 22.4 Å². The number of anilines is 1. The highest BCUT2D eigenvalue weighted by Gasteiger charge is 2.11. The highest BCUT2D eigenvalue weighted by molar-refractivity contribution is 6.35. The molecule has 2 rings (SSSR count). The van der Waals surface area contributed by atoms with Crippen molar-refractivity contribution in [2.75, 3.05) is 5.32 Å². The molecule has 0 amide bonds. The molecule has 1 aromatic heterocycles. The third-order valence-electron chi connectivity index (χ3n) is 2.66. The molecule has 1 N–H and O–H groups in total. The van der Waals surface area contributed by atoms with Gasteiger partial charge in [0.15, 0.2) is 0 Å². The SMILES string of the molecule is Cc1nccnc1NC(C)c1ccc(Cl)cc1Cl. The van der Waals surface area contributed by atoms with Crippen LogP contribution in [-0.2, 0) is 0 Å². The van der Waals surface area contributed by atoms with E-state index in [9.17, 15) is 0 Å². The van der Waals surface area contributed by atoms with Gasteiger partial charge in [0.2, 0.25) is 0 Å². The second kappa shape index (κ2) is 5.55. The first-order valence-electron chi connectivity index (χ1n) is 5.57. The van der Waals surface area contributed by atoms with Crippen molar-refractivity contribution in [2.45, 2.75) is 19.9 Å². The summed E-state index contributed by atoms with van der Waals surface area (Å²) in [6, 6.07) is 5.50. The highest BCUT2D eigenvalue weighted by atomic mass is 35.5. The lowest BCUT2D eigenvalue weighted by Crippen LogP contribution is -2.10. The van der Waals surface area contributed by atoms with E-state index >= 15 is 0 Å². The van der Waals surface area contributed by atoms with Crippen molar-refractivity contribution in [1.82, 2.24) is 9.97 Å². The van der Waals surface area contributed by atoms with E-state index in [1.54, 1.807) is 18.5 Å². The molecule has 0 aliphatic carbocycles. The predicted molar refractivity (Wildman–Crippen MR) is 75.3 cm³/mol. The van der Waals surface area contributed by atoms with Crippen molar-refractivity contribution in [3.63, 3.8) is 0 Å². The number of nitrogens with one attached hydrogen (secondary N) is 1. The van der Waals surface area contributed by atoms with E-state index in [2.05, 4.69) is 15.3 Å². The summed E-state index contributed by atoms with van der Waals surface area (Å²) in [5, 5.41) is 4.56. The van der Waals surface area contributed by atoms with Crippen LogP contribution in [0, 0.1) is 6.92 Å². The predicted octanol–water partition coefficient (Wildman–Crippen LogP) is 4.26. The van der Waals surface area contributed by atoms with Crippen LogP contribution in [0.5, 0.6) is 0 Å². The molecule has 2 aromatic rings. The minimum atomic E-state index is 0.0326. The van der Waals surface area contributed by atoms with Gasteiger partial charge in [-0.05, 0) is 31.5 Å². The van der Waals surface area contributed by atoms with Crippen LogP contribution in [-0.4, -0.2) is 9.97 Å². The van der Waals surface area contributed by atoms with Crippen LogP contribution in [0.3, 0.4) is 0 Å². The molecule has 18 heavy (non-hydrogen) atoms. The molecule has 0 fully saturated rings. The number of halogens is 2. The van der Waals surface area contributed by atoms with Crippen LogP contribution in [0.4, 0.5) is 5.82 Å². The Morgan fingerprint density at radius 2 is 1.89 bits per heavy atom. The molecule has 1 atom stereocenters. The van der Waals surface area contributed by atoms with E-state index in [1.165, 1.54) is 0 Å². The number of benzene rings is 1. The van der Waals surface area contributed by atoms with Crippen LogP contribution < -0.4 is 5.32 Å². The van der Waals surface area contributed by atoms with Gasteiger partial charge in [-0.25, -0.2) is 4.98 Å². The molecule has 0 spiro atoms. The number of aryl methyl sites for hydroxylation is 1. The normalized spacial score (nSPS) is 12.2. The fourth-order valence-electron chi connectivity index (χ4n) is 1.68. The third kappa shape index (κ3) is 2.92. The molecule has 3 nitrogen and oxygen atoms in total. The largest absolute Gasteiger partial charge is 0.362 e. The monoisotopic (exact) mass is 281 g/mol. The standard InChI is InChI=1S/C13H13Cl2N3/c1-8(11-4-3-10(14)7-12(11)15)18-13-9(2)16-5-6-17-13/h3-8H,1-2H3,(H,17,18). The molecule has 0 saturated carbocycles. The molecule has 0 aliphatic heterocycles. The zero-order valence-corrected chi connectivity index (χ0v) is 11.6. The Morgan fingerprint density at radius 3 is 2.56 bits per heavy atom. The van der Waals surface area contributed by atoms with Gasteiger partial charge in [-0.15, -0.1) is 0 Å². The Bertz CT molecular complexity index is 558. The molecule has 0 aliphatic rings. The van der Waals surface area contributed by atoms with Gasteiger partial charge in [0.1, 0.15) is 5.82 Å². The van der Waals surface area contributed by atoms with Crippen LogP contribution in [0.15, 0.2) is 30.6 Å². The Hall–Kier alpha value is -1.32. The second-order valence-corrected chi connectivity index (χ2v) is 4.87. The fraction of sp³-hybridized carbons (Fsp3) is 0.231. The van der Waals surface area contributed by atoms with Crippen LogP contribution in [0.25, 0.3) is 0 Å². The van der Waals surface area contributed by atoms with E-state index in [4.69, 9.17) is 23.2 Å². The van der Waals surface area contributed by atoms with Crippen LogP contribution in [0.1, 0.15) is 24.2 Å². The first-order chi connectivity index (χ1) is 8.58. The molecule has 0 bridgehead atoms. The Kier molecular flexibility index (Phi) is 4.04. The summed E-state index contributed by atoms with van der Waals surface area (Å²) in [4.78, 5) is 8.43. The van der Waals surface area contributed by atoms with Crippen molar-refractivity contribution in [3.05, 3.63) is 51.9 Å². The zero-order chi connectivity index (χ0) is 13.1. The average molecular weight is 282 g/mol. The maximum Gasteiger partial charge on any atom is 0.147 e. The van der Waals surface area contributed by atoms with Gasteiger partial charge in [-0.3, -0.25) is 4.98 Å². The number of rotatable bonds is 3. The first-order valence-corrected chi connectivity index (χ1v) is 6.32.